The van der Waals surface area contributed by atoms with E-state index in [-0.39, 0.29) is 18.4 Å². The van der Waals surface area contributed by atoms with Gasteiger partial charge in [-0.3, -0.25) is 9.59 Å². The first-order valence-electron chi connectivity index (χ1n) is 9.30. The molecular weight excluding hydrogens is 464 g/mol. The molecule has 0 saturated carbocycles. The minimum Gasteiger partial charge on any atom is -0.497 e. The maximum absolute atomic E-state index is 12.5. The Hall–Kier alpha value is -3.52. The van der Waals surface area contributed by atoms with Crippen molar-refractivity contribution in [1.29, 1.82) is 0 Å². The van der Waals surface area contributed by atoms with Gasteiger partial charge in [-0.05, 0) is 66.7 Å². The summed E-state index contributed by atoms with van der Waals surface area (Å²) in [6, 6.07) is 19.0. The second kappa shape index (κ2) is 10.5. The van der Waals surface area contributed by atoms with E-state index in [4.69, 9.17) is 14.2 Å². The molecule has 31 heavy (non-hydrogen) atoms. The number of methoxy groups -OCH3 is 2. The summed E-state index contributed by atoms with van der Waals surface area (Å²) >= 11 is 3.36. The van der Waals surface area contributed by atoms with E-state index in [1.54, 1.807) is 61.7 Å². The summed E-state index contributed by atoms with van der Waals surface area (Å²) in [5.74, 6) is 0.783. The van der Waals surface area contributed by atoms with E-state index in [1.807, 2.05) is 12.1 Å². The van der Waals surface area contributed by atoms with Crippen molar-refractivity contribution in [2.45, 2.75) is 0 Å². The second-order valence-corrected chi connectivity index (χ2v) is 7.31. The van der Waals surface area contributed by atoms with E-state index >= 15 is 0 Å². The van der Waals surface area contributed by atoms with Crippen LogP contribution in [0.5, 0.6) is 17.2 Å². The van der Waals surface area contributed by atoms with Gasteiger partial charge in [-0.25, -0.2) is 0 Å². The number of hydrogen-bond donors (Lipinski definition) is 2. The van der Waals surface area contributed by atoms with Crippen molar-refractivity contribution in [2.24, 2.45) is 0 Å². The van der Waals surface area contributed by atoms with Crippen molar-refractivity contribution < 1.29 is 23.8 Å². The van der Waals surface area contributed by atoms with E-state index in [0.717, 1.165) is 4.47 Å². The summed E-state index contributed by atoms with van der Waals surface area (Å²) in [6.45, 7) is -0.215. The van der Waals surface area contributed by atoms with E-state index < -0.39 is 0 Å². The summed E-state index contributed by atoms with van der Waals surface area (Å²) in [5, 5.41) is 5.55. The topological polar surface area (TPSA) is 85.9 Å². The SMILES string of the molecule is COc1ccc(NC(=O)COc2ccc(C(=O)Nc3ccc(Br)cc3)cc2OC)cc1. The Morgan fingerprint density at radius 3 is 2.10 bits per heavy atom. The molecule has 0 heterocycles. The molecule has 0 atom stereocenters. The van der Waals surface area contributed by atoms with Gasteiger partial charge in [0.05, 0.1) is 14.2 Å². The molecule has 160 valence electrons. The van der Waals surface area contributed by atoms with Crippen molar-refractivity contribution in [1.82, 2.24) is 0 Å². The Morgan fingerprint density at radius 2 is 1.45 bits per heavy atom. The number of halogens is 1. The van der Waals surface area contributed by atoms with Crippen molar-refractivity contribution in [3.63, 3.8) is 0 Å². The number of amides is 2. The molecular formula is C23H21BrN2O5. The number of nitrogens with one attached hydrogen (secondary N) is 2. The number of rotatable bonds is 8. The zero-order valence-corrected chi connectivity index (χ0v) is 18.6. The van der Waals surface area contributed by atoms with Crippen LogP contribution in [0.2, 0.25) is 0 Å². The molecule has 0 bridgehead atoms. The zero-order valence-electron chi connectivity index (χ0n) is 17.0. The largest absolute Gasteiger partial charge is 0.497 e. The number of hydrogen-bond acceptors (Lipinski definition) is 5. The highest BCUT2D eigenvalue weighted by molar-refractivity contribution is 9.10. The van der Waals surface area contributed by atoms with Gasteiger partial charge in [0.25, 0.3) is 11.8 Å². The summed E-state index contributed by atoms with van der Waals surface area (Å²) < 4.78 is 16.9. The van der Waals surface area contributed by atoms with E-state index in [9.17, 15) is 9.59 Å². The third-order valence-corrected chi connectivity index (χ3v) is 4.79. The molecule has 2 amide bonds. The van der Waals surface area contributed by atoms with Crippen LogP contribution < -0.4 is 24.8 Å². The quantitative estimate of drug-likeness (QED) is 0.482. The van der Waals surface area contributed by atoms with Crippen LogP contribution in [-0.2, 0) is 4.79 Å². The Morgan fingerprint density at radius 1 is 0.806 bits per heavy atom. The monoisotopic (exact) mass is 484 g/mol. The molecule has 0 aliphatic rings. The smallest absolute Gasteiger partial charge is 0.262 e. The molecule has 0 radical (unpaired) electrons. The molecule has 3 aromatic rings. The van der Waals surface area contributed by atoms with Gasteiger partial charge < -0.3 is 24.8 Å². The lowest BCUT2D eigenvalue weighted by atomic mass is 10.2. The lowest BCUT2D eigenvalue weighted by molar-refractivity contribution is -0.118. The maximum Gasteiger partial charge on any atom is 0.262 e. The highest BCUT2D eigenvalue weighted by atomic mass is 79.9. The van der Waals surface area contributed by atoms with Crippen LogP contribution in [0.3, 0.4) is 0 Å². The molecule has 3 aromatic carbocycles. The van der Waals surface area contributed by atoms with Crippen LogP contribution in [0, 0.1) is 0 Å². The lowest BCUT2D eigenvalue weighted by Crippen LogP contribution is -2.20. The van der Waals surface area contributed by atoms with Gasteiger partial charge in [0, 0.05) is 21.4 Å². The normalized spacial score (nSPS) is 10.2. The Bertz CT molecular complexity index is 1050. The Kier molecular flexibility index (Phi) is 7.50. The van der Waals surface area contributed by atoms with Gasteiger partial charge >= 0.3 is 0 Å². The zero-order chi connectivity index (χ0) is 22.2. The predicted molar refractivity (Wildman–Crippen MR) is 122 cm³/mol. The average molecular weight is 485 g/mol. The van der Waals surface area contributed by atoms with Gasteiger partial charge in [-0.2, -0.15) is 0 Å². The summed E-state index contributed by atoms with van der Waals surface area (Å²) in [7, 11) is 3.04. The summed E-state index contributed by atoms with van der Waals surface area (Å²) in [4.78, 5) is 24.7. The Balaban J connectivity index is 1.60. The fourth-order valence-electron chi connectivity index (χ4n) is 2.68. The van der Waals surface area contributed by atoms with Gasteiger partial charge in [0.1, 0.15) is 5.75 Å². The number of benzene rings is 3. The van der Waals surface area contributed by atoms with Crippen molar-refractivity contribution in [3.8, 4) is 17.2 Å². The molecule has 0 spiro atoms. The van der Waals surface area contributed by atoms with E-state index in [1.165, 1.54) is 7.11 Å². The van der Waals surface area contributed by atoms with Crippen LogP contribution in [0.15, 0.2) is 71.2 Å². The van der Waals surface area contributed by atoms with Crippen molar-refractivity contribution >= 4 is 39.1 Å². The van der Waals surface area contributed by atoms with E-state index in [2.05, 4.69) is 26.6 Å². The molecule has 0 fully saturated rings. The standard InChI is InChI=1S/C23H21BrN2O5/c1-29-19-10-8-17(9-11-19)25-22(27)14-31-20-12-3-15(13-21(20)30-2)23(28)26-18-6-4-16(24)5-7-18/h3-13H,14H2,1-2H3,(H,25,27)(H,26,28). The molecule has 7 nitrogen and oxygen atoms in total. The molecule has 0 unspecified atom stereocenters. The minimum absolute atomic E-state index is 0.215. The van der Waals surface area contributed by atoms with Crippen molar-refractivity contribution in [3.05, 3.63) is 76.8 Å². The summed E-state index contributed by atoms with van der Waals surface area (Å²) in [6.07, 6.45) is 0. The van der Waals surface area contributed by atoms with Crippen molar-refractivity contribution in [2.75, 3.05) is 31.5 Å². The molecule has 0 aliphatic heterocycles. The summed E-state index contributed by atoms with van der Waals surface area (Å²) in [5.41, 5.74) is 1.69. The first-order valence-corrected chi connectivity index (χ1v) is 10.1. The van der Waals surface area contributed by atoms with Crippen LogP contribution in [0.1, 0.15) is 10.4 Å². The number of ether oxygens (including phenoxy) is 3. The highest BCUT2D eigenvalue weighted by Gasteiger charge is 2.13. The van der Waals surface area contributed by atoms with Gasteiger partial charge in [0.2, 0.25) is 0 Å². The molecule has 0 aromatic heterocycles. The number of carbonyl (C=O) groups excluding carboxylic acids is 2. The van der Waals surface area contributed by atoms with Gasteiger partial charge in [-0.1, -0.05) is 15.9 Å². The fraction of sp³-hybridized carbons (Fsp3) is 0.130. The van der Waals surface area contributed by atoms with Crippen LogP contribution in [0.4, 0.5) is 11.4 Å². The van der Waals surface area contributed by atoms with Gasteiger partial charge in [0.15, 0.2) is 18.1 Å². The fourth-order valence-corrected chi connectivity index (χ4v) is 2.94. The molecule has 0 saturated heterocycles. The third kappa shape index (κ3) is 6.23. The molecule has 8 heteroatoms. The number of anilines is 2. The molecule has 2 N–H and O–H groups in total. The Labute approximate surface area is 188 Å². The van der Waals surface area contributed by atoms with E-state index in [0.29, 0.717) is 34.2 Å². The van der Waals surface area contributed by atoms with Gasteiger partial charge in [-0.15, -0.1) is 0 Å². The highest BCUT2D eigenvalue weighted by Crippen LogP contribution is 2.28. The second-order valence-electron chi connectivity index (χ2n) is 6.39. The lowest BCUT2D eigenvalue weighted by Gasteiger charge is -2.13. The molecule has 0 aliphatic carbocycles. The van der Waals surface area contributed by atoms with Crippen LogP contribution in [-0.4, -0.2) is 32.6 Å². The first-order chi connectivity index (χ1) is 15.0. The third-order valence-electron chi connectivity index (χ3n) is 4.26. The average Bonchev–Trinajstić information content (AvgIpc) is 2.79. The van der Waals surface area contributed by atoms with Crippen LogP contribution >= 0.6 is 15.9 Å². The first kappa shape index (κ1) is 22.2. The predicted octanol–water partition coefficient (Wildman–Crippen LogP) is 4.74. The maximum atomic E-state index is 12.5. The number of carbonyl (C=O) groups is 2. The molecule has 3 rings (SSSR count). The minimum atomic E-state index is -0.329. The van der Waals surface area contributed by atoms with Crippen LogP contribution in [0.25, 0.3) is 0 Å².